The van der Waals surface area contributed by atoms with Crippen molar-refractivity contribution in [3.8, 4) is 0 Å². The molecule has 0 N–H and O–H groups in total. The molecule has 18 heavy (non-hydrogen) atoms. The quantitative estimate of drug-likeness (QED) is 0.743. The molecule has 0 saturated carbocycles. The van der Waals surface area contributed by atoms with Crippen LogP contribution in [0.2, 0.25) is 0 Å². The lowest BCUT2D eigenvalue weighted by Gasteiger charge is -2.20. The highest BCUT2D eigenvalue weighted by Gasteiger charge is 2.31. The van der Waals surface area contributed by atoms with Gasteiger partial charge in [-0.25, -0.2) is 4.79 Å². The number of hydrogen-bond donors (Lipinski definition) is 0. The molecule has 0 saturated heterocycles. The minimum atomic E-state index is -0.899. The van der Waals surface area contributed by atoms with E-state index < -0.39 is 17.2 Å². The van der Waals surface area contributed by atoms with E-state index in [-0.39, 0.29) is 30.3 Å². The molecule has 0 aliphatic rings. The lowest BCUT2D eigenvalue weighted by atomic mass is 9.88. The van der Waals surface area contributed by atoms with E-state index in [0.717, 1.165) is 0 Å². The largest absolute Gasteiger partial charge is 0.519 e. The van der Waals surface area contributed by atoms with Crippen LogP contribution >= 0.6 is 0 Å². The highest BCUT2D eigenvalue weighted by atomic mass is 16.6. The zero-order valence-electron chi connectivity index (χ0n) is 10.9. The van der Waals surface area contributed by atoms with Gasteiger partial charge in [-0.2, -0.15) is 0 Å². The first-order valence-electron chi connectivity index (χ1n) is 5.48. The van der Waals surface area contributed by atoms with Crippen LogP contribution in [0.1, 0.15) is 38.7 Å². The number of esters is 1. The Bertz CT molecular complexity index is 505. The summed E-state index contributed by atoms with van der Waals surface area (Å²) in [6, 6.07) is 0. The molecule has 0 amide bonds. The van der Waals surface area contributed by atoms with Crippen LogP contribution in [0.5, 0.6) is 0 Å². The Morgan fingerprint density at radius 2 is 1.89 bits per heavy atom. The minimum absolute atomic E-state index is 0.0945. The van der Waals surface area contributed by atoms with Crippen LogP contribution in [-0.4, -0.2) is 11.8 Å². The Balaban J connectivity index is 2.63. The van der Waals surface area contributed by atoms with Gasteiger partial charge in [-0.3, -0.25) is 9.59 Å². The van der Waals surface area contributed by atoms with Gasteiger partial charge in [-0.05, 0) is 27.7 Å². The van der Waals surface area contributed by atoms with Crippen LogP contribution in [-0.2, 0) is 20.9 Å². The normalized spacial score (nSPS) is 11.3. The molecule has 1 aromatic rings. The zero-order valence-corrected chi connectivity index (χ0v) is 10.9. The SMILES string of the molecule is CC(=O)CC(C)(C)C(=O)OCc1oc(=O)oc1C. The summed E-state index contributed by atoms with van der Waals surface area (Å²) in [5, 5.41) is 0. The summed E-state index contributed by atoms with van der Waals surface area (Å²) in [5.41, 5.74) is -0.899. The highest BCUT2D eigenvalue weighted by molar-refractivity contribution is 5.85. The lowest BCUT2D eigenvalue weighted by Crippen LogP contribution is -2.28. The summed E-state index contributed by atoms with van der Waals surface area (Å²) in [6.45, 7) is 6.01. The van der Waals surface area contributed by atoms with E-state index in [4.69, 9.17) is 9.15 Å². The summed E-state index contributed by atoms with van der Waals surface area (Å²) < 4.78 is 14.3. The van der Waals surface area contributed by atoms with Gasteiger partial charge in [-0.1, -0.05) is 0 Å². The fourth-order valence-corrected chi connectivity index (χ4v) is 1.53. The van der Waals surface area contributed by atoms with Gasteiger partial charge in [0.2, 0.25) is 0 Å². The summed E-state index contributed by atoms with van der Waals surface area (Å²) in [4.78, 5) is 33.6. The molecule has 0 radical (unpaired) electrons. The molecule has 1 heterocycles. The predicted octanol–water partition coefficient (Wildman–Crippen LogP) is 1.59. The average molecular weight is 256 g/mol. The fourth-order valence-electron chi connectivity index (χ4n) is 1.53. The molecule has 6 nitrogen and oxygen atoms in total. The van der Waals surface area contributed by atoms with Gasteiger partial charge >= 0.3 is 11.8 Å². The molecule has 0 spiro atoms. The second-order valence-electron chi connectivity index (χ2n) is 4.77. The van der Waals surface area contributed by atoms with Gasteiger partial charge in [-0.15, -0.1) is 0 Å². The molecule has 0 aromatic carbocycles. The molecule has 0 atom stereocenters. The van der Waals surface area contributed by atoms with Gasteiger partial charge in [0, 0.05) is 6.42 Å². The molecule has 0 aliphatic carbocycles. The van der Waals surface area contributed by atoms with E-state index in [9.17, 15) is 14.4 Å². The summed E-state index contributed by atoms with van der Waals surface area (Å²) in [7, 11) is 0. The monoisotopic (exact) mass is 256 g/mol. The third kappa shape index (κ3) is 3.58. The van der Waals surface area contributed by atoms with Crippen LogP contribution < -0.4 is 5.82 Å². The zero-order chi connectivity index (χ0) is 13.9. The van der Waals surface area contributed by atoms with Crippen molar-refractivity contribution in [1.29, 1.82) is 0 Å². The molecule has 1 aromatic heterocycles. The predicted molar refractivity (Wildman–Crippen MR) is 60.9 cm³/mol. The Morgan fingerprint density at radius 3 is 2.33 bits per heavy atom. The van der Waals surface area contributed by atoms with Crippen molar-refractivity contribution < 1.29 is 23.2 Å². The Morgan fingerprint density at radius 1 is 1.28 bits per heavy atom. The lowest BCUT2D eigenvalue weighted by molar-refractivity contribution is -0.157. The van der Waals surface area contributed by atoms with Crippen molar-refractivity contribution in [2.24, 2.45) is 5.41 Å². The second-order valence-corrected chi connectivity index (χ2v) is 4.77. The van der Waals surface area contributed by atoms with Crippen LogP contribution in [0.4, 0.5) is 0 Å². The number of hydrogen-bond acceptors (Lipinski definition) is 6. The molecule has 0 bridgehead atoms. The van der Waals surface area contributed by atoms with Crippen molar-refractivity contribution in [3.05, 3.63) is 22.1 Å². The van der Waals surface area contributed by atoms with Gasteiger partial charge in [0.15, 0.2) is 18.1 Å². The van der Waals surface area contributed by atoms with Crippen LogP contribution in [0.25, 0.3) is 0 Å². The second kappa shape index (κ2) is 5.20. The molecular weight excluding hydrogens is 240 g/mol. The summed E-state index contributed by atoms with van der Waals surface area (Å²) >= 11 is 0. The third-order valence-corrected chi connectivity index (χ3v) is 2.41. The van der Waals surface area contributed by atoms with Crippen molar-refractivity contribution in [3.63, 3.8) is 0 Å². The number of rotatable bonds is 5. The highest BCUT2D eigenvalue weighted by Crippen LogP contribution is 2.23. The van der Waals surface area contributed by atoms with Crippen molar-refractivity contribution >= 4 is 11.8 Å². The van der Waals surface area contributed by atoms with E-state index in [0.29, 0.717) is 0 Å². The molecule has 0 fully saturated rings. The first-order chi connectivity index (χ1) is 8.22. The molecule has 100 valence electrons. The Kier molecular flexibility index (Phi) is 4.11. The molecule has 1 rings (SSSR count). The first kappa shape index (κ1) is 14.2. The smallest absolute Gasteiger partial charge is 0.457 e. The van der Waals surface area contributed by atoms with Gasteiger partial charge in [0.1, 0.15) is 5.78 Å². The van der Waals surface area contributed by atoms with Gasteiger partial charge < -0.3 is 13.6 Å². The molecule has 0 aliphatic heterocycles. The maximum absolute atomic E-state index is 11.8. The van der Waals surface area contributed by atoms with E-state index in [1.165, 1.54) is 13.8 Å². The number of carbonyl (C=O) groups is 2. The van der Waals surface area contributed by atoms with E-state index in [1.807, 2.05) is 0 Å². The summed E-state index contributed by atoms with van der Waals surface area (Å²) in [6.07, 6.45) is 0.0974. The molecular formula is C12H16O6. The Labute approximate surface area is 104 Å². The van der Waals surface area contributed by atoms with Crippen molar-refractivity contribution in [2.75, 3.05) is 0 Å². The van der Waals surface area contributed by atoms with Gasteiger partial charge in [0.25, 0.3) is 0 Å². The van der Waals surface area contributed by atoms with Crippen LogP contribution in [0.3, 0.4) is 0 Å². The van der Waals surface area contributed by atoms with Crippen LogP contribution in [0.15, 0.2) is 13.6 Å². The van der Waals surface area contributed by atoms with E-state index >= 15 is 0 Å². The fraction of sp³-hybridized carbons (Fsp3) is 0.583. The first-order valence-corrected chi connectivity index (χ1v) is 5.48. The number of ether oxygens (including phenoxy) is 1. The maximum Gasteiger partial charge on any atom is 0.519 e. The maximum atomic E-state index is 11.8. The van der Waals surface area contributed by atoms with Crippen molar-refractivity contribution in [1.82, 2.24) is 0 Å². The Hall–Kier alpha value is -1.85. The van der Waals surface area contributed by atoms with E-state index in [1.54, 1.807) is 13.8 Å². The van der Waals surface area contributed by atoms with Crippen molar-refractivity contribution in [2.45, 2.75) is 40.7 Å². The molecule has 6 heteroatoms. The summed E-state index contributed by atoms with van der Waals surface area (Å²) in [5.74, 6) is -1.00. The number of ketones is 1. The number of Topliss-reactive ketones (excluding diaryl/α,β-unsaturated/α-hetero) is 1. The standard InChI is InChI=1S/C12H16O6/c1-7(13)5-12(3,4)10(14)16-6-9-8(2)17-11(15)18-9/h5-6H2,1-4H3. The average Bonchev–Trinajstić information content (AvgIpc) is 2.51. The molecule has 0 unspecified atom stereocenters. The van der Waals surface area contributed by atoms with Crippen LogP contribution in [0, 0.1) is 12.3 Å². The van der Waals surface area contributed by atoms with E-state index in [2.05, 4.69) is 4.42 Å². The number of aryl methyl sites for hydroxylation is 1. The minimum Gasteiger partial charge on any atom is -0.457 e. The number of carbonyl (C=O) groups excluding carboxylic acids is 2. The van der Waals surface area contributed by atoms with Gasteiger partial charge in [0.05, 0.1) is 5.41 Å². The topological polar surface area (TPSA) is 86.7 Å². The third-order valence-electron chi connectivity index (χ3n) is 2.41.